The highest BCUT2D eigenvalue weighted by Gasteiger charge is 2.04. The van der Waals surface area contributed by atoms with Crippen LogP contribution < -0.4 is 20.3 Å². The predicted molar refractivity (Wildman–Crippen MR) is 93.0 cm³/mol. The number of aliphatic imine (C=N–C) groups is 1. The number of ether oxygens (including phenoxy) is 2. The van der Waals surface area contributed by atoms with Crippen LogP contribution >= 0.6 is 12.2 Å². The lowest BCUT2D eigenvalue weighted by Gasteiger charge is -2.07. The van der Waals surface area contributed by atoms with Gasteiger partial charge < -0.3 is 14.8 Å². The van der Waals surface area contributed by atoms with Crippen LogP contribution in [-0.2, 0) is 0 Å². The number of hydrogen-bond acceptors (Lipinski definition) is 5. The Kier molecular flexibility index (Phi) is 5.42. The first kappa shape index (κ1) is 16.6. The highest BCUT2D eigenvalue weighted by molar-refractivity contribution is 7.80. The maximum absolute atomic E-state index is 11.4. The van der Waals surface area contributed by atoms with E-state index in [9.17, 15) is 4.79 Å². The Balaban J connectivity index is 2.10. The molecule has 0 radical (unpaired) electrons. The minimum Gasteiger partial charge on any atom is -0.493 e. The topological polar surface area (TPSA) is 88.6 Å². The number of rotatable bonds is 4. The lowest BCUT2D eigenvalue weighted by molar-refractivity contribution is 0.355. The second-order valence-corrected chi connectivity index (χ2v) is 4.92. The van der Waals surface area contributed by atoms with E-state index in [-0.39, 0.29) is 16.6 Å². The largest absolute Gasteiger partial charge is 0.493 e. The van der Waals surface area contributed by atoms with E-state index in [1.165, 1.54) is 6.07 Å². The standard InChI is InChI=1S/C15H16N4O3S/c1-9-6-13(20)18-14(17-9)19-15(23)16-8-10-4-5-11(21-2)12(7-10)22-3/h4-8H,1-3H3,(H2,17,18,19,20,23). The van der Waals surface area contributed by atoms with Crippen molar-refractivity contribution in [1.82, 2.24) is 9.97 Å². The van der Waals surface area contributed by atoms with Gasteiger partial charge in [0.25, 0.3) is 5.56 Å². The smallest absolute Gasteiger partial charge is 0.252 e. The molecule has 7 nitrogen and oxygen atoms in total. The highest BCUT2D eigenvalue weighted by Crippen LogP contribution is 2.26. The van der Waals surface area contributed by atoms with Crippen LogP contribution in [0.4, 0.5) is 5.95 Å². The zero-order valence-corrected chi connectivity index (χ0v) is 13.7. The number of nitrogens with zero attached hydrogens (tertiary/aromatic N) is 2. The van der Waals surface area contributed by atoms with Crippen LogP contribution in [0, 0.1) is 6.92 Å². The summed E-state index contributed by atoms with van der Waals surface area (Å²) >= 11 is 5.10. The predicted octanol–water partition coefficient (Wildman–Crippen LogP) is 1.91. The fourth-order valence-electron chi connectivity index (χ4n) is 1.84. The van der Waals surface area contributed by atoms with Gasteiger partial charge in [-0.3, -0.25) is 9.78 Å². The molecule has 0 aliphatic rings. The Bertz CT molecular complexity index is 802. The highest BCUT2D eigenvalue weighted by atomic mass is 32.1. The first-order valence-electron chi connectivity index (χ1n) is 6.67. The van der Waals surface area contributed by atoms with E-state index in [0.29, 0.717) is 17.2 Å². The van der Waals surface area contributed by atoms with E-state index in [1.54, 1.807) is 39.5 Å². The van der Waals surface area contributed by atoms with Crippen LogP contribution in [0.1, 0.15) is 11.3 Å². The SMILES string of the molecule is COc1ccc(C=NC(=S)Nc2nc(C)cc(=O)[nH]2)cc1OC. The maximum Gasteiger partial charge on any atom is 0.252 e. The molecule has 1 heterocycles. The summed E-state index contributed by atoms with van der Waals surface area (Å²) in [6.07, 6.45) is 1.57. The van der Waals surface area contributed by atoms with Crippen LogP contribution in [0.5, 0.6) is 11.5 Å². The van der Waals surface area contributed by atoms with Gasteiger partial charge >= 0.3 is 0 Å². The number of benzene rings is 1. The van der Waals surface area contributed by atoms with Gasteiger partial charge in [0, 0.05) is 18.0 Å². The zero-order chi connectivity index (χ0) is 16.8. The van der Waals surface area contributed by atoms with Crippen molar-refractivity contribution in [3.63, 3.8) is 0 Å². The molecule has 23 heavy (non-hydrogen) atoms. The van der Waals surface area contributed by atoms with E-state index in [1.807, 2.05) is 6.07 Å². The van der Waals surface area contributed by atoms with Crippen molar-refractivity contribution < 1.29 is 9.47 Å². The summed E-state index contributed by atoms with van der Waals surface area (Å²) in [7, 11) is 3.13. The van der Waals surface area contributed by atoms with Gasteiger partial charge in [-0.05, 0) is 42.9 Å². The Morgan fingerprint density at radius 2 is 2.04 bits per heavy atom. The summed E-state index contributed by atoms with van der Waals surface area (Å²) in [5.74, 6) is 1.48. The van der Waals surface area contributed by atoms with Gasteiger partial charge in [0.1, 0.15) is 0 Å². The third kappa shape index (κ3) is 4.62. The average molecular weight is 332 g/mol. The molecular formula is C15H16N4O3S. The molecule has 0 fully saturated rings. The molecule has 0 unspecified atom stereocenters. The molecule has 1 aromatic carbocycles. The molecular weight excluding hydrogens is 316 g/mol. The third-order valence-electron chi connectivity index (χ3n) is 2.83. The summed E-state index contributed by atoms with van der Waals surface area (Å²) in [4.78, 5) is 22.1. The molecule has 120 valence electrons. The molecule has 1 aromatic heterocycles. The second kappa shape index (κ2) is 7.50. The Hall–Kier alpha value is -2.74. The van der Waals surface area contributed by atoms with E-state index in [2.05, 4.69) is 20.3 Å². The van der Waals surface area contributed by atoms with Crippen molar-refractivity contribution in [2.75, 3.05) is 19.5 Å². The van der Waals surface area contributed by atoms with Gasteiger partial charge in [-0.1, -0.05) is 0 Å². The van der Waals surface area contributed by atoms with E-state index >= 15 is 0 Å². The molecule has 0 atom stereocenters. The molecule has 0 aliphatic carbocycles. The monoisotopic (exact) mass is 332 g/mol. The number of thiocarbonyl (C=S) groups is 1. The fourth-order valence-corrected chi connectivity index (χ4v) is 1.99. The number of aromatic nitrogens is 2. The fraction of sp³-hybridized carbons (Fsp3) is 0.200. The van der Waals surface area contributed by atoms with Gasteiger partial charge in [-0.25, -0.2) is 9.98 Å². The van der Waals surface area contributed by atoms with Crippen LogP contribution in [0.15, 0.2) is 34.1 Å². The van der Waals surface area contributed by atoms with Crippen LogP contribution in [0.3, 0.4) is 0 Å². The minimum atomic E-state index is -0.258. The molecule has 2 aromatic rings. The molecule has 0 spiro atoms. The normalized spacial score (nSPS) is 10.6. The Morgan fingerprint density at radius 3 is 2.70 bits per heavy atom. The number of nitrogens with one attached hydrogen (secondary N) is 2. The molecule has 2 rings (SSSR count). The van der Waals surface area contributed by atoms with Crippen LogP contribution in [0.25, 0.3) is 0 Å². The summed E-state index contributed by atoms with van der Waals surface area (Å²) in [5, 5.41) is 2.93. The quantitative estimate of drug-likeness (QED) is 0.657. The van der Waals surface area contributed by atoms with Crippen molar-refractivity contribution in [2.45, 2.75) is 6.92 Å². The first-order chi connectivity index (χ1) is 11.0. The van der Waals surface area contributed by atoms with Gasteiger partial charge in [-0.2, -0.15) is 0 Å². The van der Waals surface area contributed by atoms with Crippen LogP contribution in [0.2, 0.25) is 0 Å². The maximum atomic E-state index is 11.4. The number of methoxy groups -OCH3 is 2. The van der Waals surface area contributed by atoms with E-state index in [4.69, 9.17) is 21.7 Å². The number of anilines is 1. The first-order valence-corrected chi connectivity index (χ1v) is 7.07. The summed E-state index contributed by atoms with van der Waals surface area (Å²) in [5.41, 5.74) is 1.12. The van der Waals surface area contributed by atoms with Gasteiger partial charge in [0.2, 0.25) is 5.95 Å². The van der Waals surface area contributed by atoms with Crippen molar-refractivity contribution in [1.29, 1.82) is 0 Å². The van der Waals surface area contributed by atoms with Gasteiger partial charge in [0.15, 0.2) is 16.6 Å². The van der Waals surface area contributed by atoms with Crippen molar-refractivity contribution in [2.24, 2.45) is 4.99 Å². The molecule has 0 aliphatic heterocycles. The Labute approximate surface area is 138 Å². The molecule has 2 N–H and O–H groups in total. The van der Waals surface area contributed by atoms with Crippen molar-refractivity contribution in [3.8, 4) is 11.5 Å². The Morgan fingerprint density at radius 1 is 1.30 bits per heavy atom. The van der Waals surface area contributed by atoms with Crippen molar-refractivity contribution in [3.05, 3.63) is 45.9 Å². The van der Waals surface area contributed by atoms with Gasteiger partial charge in [0.05, 0.1) is 14.2 Å². The molecule has 0 saturated carbocycles. The van der Waals surface area contributed by atoms with Crippen LogP contribution in [-0.4, -0.2) is 35.5 Å². The number of hydrogen-bond donors (Lipinski definition) is 2. The summed E-state index contributed by atoms with van der Waals surface area (Å²) in [6.45, 7) is 1.72. The average Bonchev–Trinajstić information content (AvgIpc) is 2.51. The number of H-pyrrole nitrogens is 1. The van der Waals surface area contributed by atoms with E-state index < -0.39 is 0 Å². The van der Waals surface area contributed by atoms with Crippen molar-refractivity contribution >= 4 is 29.5 Å². The second-order valence-electron chi connectivity index (χ2n) is 4.54. The molecule has 8 heteroatoms. The zero-order valence-electron chi connectivity index (χ0n) is 12.9. The molecule has 0 bridgehead atoms. The summed E-state index contributed by atoms with van der Waals surface area (Å²) in [6, 6.07) is 6.76. The lowest BCUT2D eigenvalue weighted by atomic mass is 10.2. The molecule has 0 saturated heterocycles. The number of aromatic amines is 1. The minimum absolute atomic E-state index is 0.175. The van der Waals surface area contributed by atoms with Gasteiger partial charge in [-0.15, -0.1) is 0 Å². The third-order valence-corrected chi connectivity index (χ3v) is 3.04. The lowest BCUT2D eigenvalue weighted by Crippen LogP contribution is -2.15. The molecule has 0 amide bonds. The van der Waals surface area contributed by atoms with E-state index in [0.717, 1.165) is 5.56 Å². The summed E-state index contributed by atoms with van der Waals surface area (Å²) < 4.78 is 10.4. The number of aryl methyl sites for hydroxylation is 1.